The van der Waals surface area contributed by atoms with Crippen LogP contribution in [-0.2, 0) is 12.8 Å². The first kappa shape index (κ1) is 17.0. The molecule has 0 spiro atoms. The molecule has 0 nitrogen and oxygen atoms in total. The Morgan fingerprint density at radius 1 is 0.963 bits per heavy atom. The van der Waals surface area contributed by atoms with Gasteiger partial charge in [-0.2, -0.15) is 0 Å². The molecule has 0 aromatic heterocycles. The van der Waals surface area contributed by atoms with Gasteiger partial charge in [0, 0.05) is 5.54 Å². The summed E-state index contributed by atoms with van der Waals surface area (Å²) >= 11 is 0. The third-order valence-electron chi connectivity index (χ3n) is 7.02. The highest BCUT2D eigenvalue weighted by molar-refractivity contribution is 6.82. The summed E-state index contributed by atoms with van der Waals surface area (Å²) in [6.07, 6.45) is 15.7. The van der Waals surface area contributed by atoms with E-state index in [4.69, 9.17) is 0 Å². The van der Waals surface area contributed by atoms with Crippen molar-refractivity contribution >= 4 is 14.1 Å². The molecule has 0 fully saturated rings. The largest absolute Gasteiger partial charge is 0.0803 e. The average molecular weight is 369 g/mol. The molecule has 2 aromatic rings. The molecule has 1 unspecified atom stereocenters. The molecular formula is C26H28Si. The van der Waals surface area contributed by atoms with Gasteiger partial charge < -0.3 is 0 Å². The van der Waals surface area contributed by atoms with Gasteiger partial charge in [0.1, 0.15) is 0 Å². The Bertz CT molecular complexity index is 977. The fraction of sp³-hybridized carbons (Fsp3) is 0.308. The summed E-state index contributed by atoms with van der Waals surface area (Å²) in [7, 11) is -1.55. The van der Waals surface area contributed by atoms with Gasteiger partial charge >= 0.3 is 0 Å². The maximum atomic E-state index is 2.60. The van der Waals surface area contributed by atoms with Gasteiger partial charge in [-0.25, -0.2) is 0 Å². The summed E-state index contributed by atoms with van der Waals surface area (Å²) in [4.78, 5) is 0. The molecule has 2 aromatic carbocycles. The minimum Gasteiger partial charge on any atom is -0.0803 e. The zero-order valence-electron chi connectivity index (χ0n) is 16.6. The number of aryl methyl sites for hydroxylation is 1. The second kappa shape index (κ2) is 6.20. The Hall–Kier alpha value is -2.12. The quantitative estimate of drug-likeness (QED) is 0.507. The van der Waals surface area contributed by atoms with Crippen molar-refractivity contribution in [3.8, 4) is 11.1 Å². The van der Waals surface area contributed by atoms with E-state index in [1.807, 2.05) is 0 Å². The van der Waals surface area contributed by atoms with E-state index in [0.717, 1.165) is 0 Å². The van der Waals surface area contributed by atoms with Crippen molar-refractivity contribution in [2.45, 2.75) is 50.4 Å². The van der Waals surface area contributed by atoms with Gasteiger partial charge in [-0.3, -0.25) is 0 Å². The van der Waals surface area contributed by atoms with Gasteiger partial charge in [0.05, 0.1) is 8.07 Å². The first-order valence-electron chi connectivity index (χ1n) is 10.3. The molecular weight excluding hydrogens is 340 g/mol. The van der Waals surface area contributed by atoms with Gasteiger partial charge in [-0.05, 0) is 65.1 Å². The molecule has 1 atom stereocenters. The minimum atomic E-state index is -1.55. The smallest absolute Gasteiger partial charge is 0.0710 e. The van der Waals surface area contributed by atoms with E-state index in [0.29, 0.717) is 11.1 Å². The Morgan fingerprint density at radius 3 is 2.44 bits per heavy atom. The summed E-state index contributed by atoms with van der Waals surface area (Å²) in [6, 6.07) is 13.7. The van der Waals surface area contributed by atoms with Crippen LogP contribution < -0.4 is 0 Å². The Kier molecular flexibility index (Phi) is 3.91. The van der Waals surface area contributed by atoms with Crippen molar-refractivity contribution in [2.24, 2.45) is 0 Å². The molecule has 0 heterocycles. The van der Waals surface area contributed by atoms with Gasteiger partial charge in [0.15, 0.2) is 0 Å². The summed E-state index contributed by atoms with van der Waals surface area (Å²) in [5.41, 5.74) is 12.2. The third-order valence-corrected chi connectivity index (χ3v) is 11.4. The molecule has 0 saturated carbocycles. The van der Waals surface area contributed by atoms with Crippen molar-refractivity contribution in [3.63, 3.8) is 0 Å². The molecule has 5 rings (SSSR count). The summed E-state index contributed by atoms with van der Waals surface area (Å²) in [5.74, 6) is 0. The lowest BCUT2D eigenvalue weighted by Gasteiger charge is -2.36. The van der Waals surface area contributed by atoms with Gasteiger partial charge in [-0.15, -0.1) is 0 Å². The van der Waals surface area contributed by atoms with E-state index in [2.05, 4.69) is 86.8 Å². The number of rotatable bonds is 3. The van der Waals surface area contributed by atoms with Gasteiger partial charge in [0.25, 0.3) is 0 Å². The normalized spacial score (nSPS) is 20.9. The molecule has 0 amide bonds. The van der Waals surface area contributed by atoms with Crippen LogP contribution >= 0.6 is 0 Å². The van der Waals surface area contributed by atoms with Crippen molar-refractivity contribution in [1.82, 2.24) is 0 Å². The molecule has 0 aliphatic heterocycles. The summed E-state index contributed by atoms with van der Waals surface area (Å²) in [6.45, 7) is 7.55. The second-order valence-corrected chi connectivity index (χ2v) is 13.9. The number of hydrogen-bond donors (Lipinski definition) is 0. The predicted octanol–water partition coefficient (Wildman–Crippen LogP) is 7.09. The molecule has 0 saturated heterocycles. The number of fused-ring (bicyclic) bond motifs is 2. The van der Waals surface area contributed by atoms with Crippen LogP contribution in [0.15, 0.2) is 66.3 Å². The van der Waals surface area contributed by atoms with Crippen LogP contribution in [0.1, 0.15) is 41.1 Å². The Balaban J connectivity index is 1.72. The lowest BCUT2D eigenvalue weighted by molar-refractivity contribution is 0.911. The van der Waals surface area contributed by atoms with Crippen LogP contribution in [-0.4, -0.2) is 8.07 Å². The van der Waals surface area contributed by atoms with Crippen LogP contribution in [0.3, 0.4) is 0 Å². The number of allylic oxidation sites excluding steroid dienone is 5. The fourth-order valence-electron chi connectivity index (χ4n) is 5.78. The summed E-state index contributed by atoms with van der Waals surface area (Å²) < 4.78 is 0. The zero-order valence-corrected chi connectivity index (χ0v) is 17.6. The standard InChI is InChI=1S/C26H28Si/c1-18-16-23-24(26(18)27(2,3)21-13-7-8-14-21)17-20-12-9-15-22(20)25(23)19-10-5-4-6-11-19/h4-8,10-11,13-14,16-17,21,26H,9,12,15H2,1-3H3. The van der Waals surface area contributed by atoms with Crippen molar-refractivity contribution in [2.75, 3.05) is 0 Å². The molecule has 3 aliphatic rings. The molecule has 136 valence electrons. The highest BCUT2D eigenvalue weighted by atomic mass is 28.3. The third kappa shape index (κ3) is 2.56. The van der Waals surface area contributed by atoms with E-state index in [1.54, 1.807) is 22.3 Å². The first-order chi connectivity index (χ1) is 13.1. The highest BCUT2D eigenvalue weighted by Crippen LogP contribution is 2.52. The van der Waals surface area contributed by atoms with Crippen LogP contribution in [0.4, 0.5) is 0 Å². The predicted molar refractivity (Wildman–Crippen MR) is 120 cm³/mol. The van der Waals surface area contributed by atoms with Crippen molar-refractivity contribution < 1.29 is 0 Å². The van der Waals surface area contributed by atoms with Crippen LogP contribution in [0.5, 0.6) is 0 Å². The monoisotopic (exact) mass is 368 g/mol. The van der Waals surface area contributed by atoms with Crippen LogP contribution in [0.25, 0.3) is 17.2 Å². The van der Waals surface area contributed by atoms with E-state index in [9.17, 15) is 0 Å². The maximum absolute atomic E-state index is 2.60. The molecule has 1 heteroatoms. The topological polar surface area (TPSA) is 0 Å². The fourth-order valence-corrected chi connectivity index (χ4v) is 9.67. The summed E-state index contributed by atoms with van der Waals surface area (Å²) in [5, 5.41) is 0. The highest BCUT2D eigenvalue weighted by Gasteiger charge is 2.43. The van der Waals surface area contributed by atoms with E-state index < -0.39 is 8.07 Å². The van der Waals surface area contributed by atoms with Crippen LogP contribution in [0, 0.1) is 0 Å². The molecule has 0 radical (unpaired) electrons. The van der Waals surface area contributed by atoms with Gasteiger partial charge in [0.2, 0.25) is 0 Å². The zero-order chi connectivity index (χ0) is 18.6. The first-order valence-corrected chi connectivity index (χ1v) is 13.5. The van der Waals surface area contributed by atoms with Crippen LogP contribution in [0.2, 0.25) is 18.6 Å². The van der Waals surface area contributed by atoms with E-state index in [1.165, 1.54) is 36.0 Å². The van der Waals surface area contributed by atoms with Crippen molar-refractivity contribution in [1.29, 1.82) is 0 Å². The molecule has 27 heavy (non-hydrogen) atoms. The van der Waals surface area contributed by atoms with E-state index >= 15 is 0 Å². The lowest BCUT2D eigenvalue weighted by atomic mass is 9.89. The number of hydrogen-bond acceptors (Lipinski definition) is 0. The van der Waals surface area contributed by atoms with E-state index in [-0.39, 0.29) is 0 Å². The average Bonchev–Trinajstić information content (AvgIpc) is 3.39. The Labute approximate surface area is 164 Å². The minimum absolute atomic E-state index is 0.623. The SMILES string of the molecule is CC1=Cc2c(cc3c(c2-c2ccccc2)CCC3)C1[Si](C)(C)C1C=CC=C1. The molecule has 3 aliphatic carbocycles. The van der Waals surface area contributed by atoms with Crippen molar-refractivity contribution in [3.05, 3.63) is 88.5 Å². The molecule has 0 bridgehead atoms. The number of benzene rings is 2. The second-order valence-electron chi connectivity index (χ2n) is 9.05. The lowest BCUT2D eigenvalue weighted by Crippen LogP contribution is -2.38. The molecule has 0 N–H and O–H groups in total. The maximum Gasteiger partial charge on any atom is 0.0710 e. The van der Waals surface area contributed by atoms with Gasteiger partial charge in [-0.1, -0.05) is 85.4 Å². The Morgan fingerprint density at radius 2 is 1.70 bits per heavy atom.